The van der Waals surface area contributed by atoms with Crippen molar-refractivity contribution >= 4 is 11.4 Å². The highest BCUT2D eigenvalue weighted by molar-refractivity contribution is 5.41. The Labute approximate surface area is 120 Å². The van der Waals surface area contributed by atoms with Crippen LogP contribution in [0.3, 0.4) is 0 Å². The first-order valence-corrected chi connectivity index (χ1v) is 6.21. The zero-order valence-corrected chi connectivity index (χ0v) is 11.0. The number of nitro groups is 2. The fraction of sp³-hybridized carbons (Fsp3) is 0.143. The minimum absolute atomic E-state index is 0.0122. The lowest BCUT2D eigenvalue weighted by Crippen LogP contribution is -2.13. The van der Waals surface area contributed by atoms with Crippen LogP contribution < -0.4 is 5.73 Å². The number of non-ortho nitro benzene ring substituents is 2. The van der Waals surface area contributed by atoms with Gasteiger partial charge in [-0.2, -0.15) is 0 Å². The molecule has 0 aromatic heterocycles. The molecular weight excluding hydrogens is 274 g/mol. The Morgan fingerprint density at radius 2 is 1.14 bits per heavy atom. The zero-order valence-electron chi connectivity index (χ0n) is 11.0. The number of nitrogens with zero attached hydrogens (tertiary/aromatic N) is 2. The summed E-state index contributed by atoms with van der Waals surface area (Å²) in [6.45, 7) is 0.301. The molecule has 0 spiro atoms. The molecule has 2 aromatic rings. The summed E-state index contributed by atoms with van der Waals surface area (Å²) in [6.07, 6.45) is 0. The average molecular weight is 287 g/mol. The number of nitro benzene ring substituents is 2. The Kier molecular flexibility index (Phi) is 4.24. The highest BCUT2D eigenvalue weighted by Gasteiger charge is 2.15. The normalized spacial score (nSPS) is 10.6. The molecular formula is C14H13N3O4. The highest BCUT2D eigenvalue weighted by Crippen LogP contribution is 2.26. The lowest BCUT2D eigenvalue weighted by molar-refractivity contribution is -0.385. The van der Waals surface area contributed by atoms with Crippen LogP contribution in [0.15, 0.2) is 48.5 Å². The summed E-state index contributed by atoms with van der Waals surface area (Å²) in [5, 5.41) is 21.3. The van der Waals surface area contributed by atoms with Crippen molar-refractivity contribution in [2.24, 2.45) is 5.73 Å². The maximum absolute atomic E-state index is 10.6. The van der Waals surface area contributed by atoms with Gasteiger partial charge in [-0.25, -0.2) is 0 Å². The summed E-state index contributed by atoms with van der Waals surface area (Å²) in [6, 6.07) is 12.3. The van der Waals surface area contributed by atoms with E-state index < -0.39 is 9.85 Å². The predicted molar refractivity (Wildman–Crippen MR) is 77.1 cm³/mol. The molecule has 7 heteroatoms. The van der Waals surface area contributed by atoms with Crippen LogP contribution in [-0.4, -0.2) is 16.4 Å². The molecule has 2 aromatic carbocycles. The van der Waals surface area contributed by atoms with E-state index in [2.05, 4.69) is 0 Å². The van der Waals surface area contributed by atoms with Gasteiger partial charge < -0.3 is 5.73 Å². The van der Waals surface area contributed by atoms with Gasteiger partial charge in [0.2, 0.25) is 0 Å². The lowest BCUT2D eigenvalue weighted by Gasteiger charge is -2.15. The molecule has 0 unspecified atom stereocenters. The van der Waals surface area contributed by atoms with Crippen molar-refractivity contribution in [1.29, 1.82) is 0 Å². The maximum Gasteiger partial charge on any atom is 0.269 e. The van der Waals surface area contributed by atoms with Crippen molar-refractivity contribution < 1.29 is 9.85 Å². The van der Waals surface area contributed by atoms with Crippen LogP contribution in [0, 0.1) is 20.2 Å². The third-order valence-electron chi connectivity index (χ3n) is 3.25. The van der Waals surface area contributed by atoms with E-state index in [9.17, 15) is 20.2 Å². The van der Waals surface area contributed by atoms with Crippen molar-refractivity contribution in [3.63, 3.8) is 0 Å². The van der Waals surface area contributed by atoms with E-state index in [0.717, 1.165) is 11.1 Å². The lowest BCUT2D eigenvalue weighted by atomic mass is 9.91. The molecule has 0 heterocycles. The first-order valence-electron chi connectivity index (χ1n) is 6.21. The second-order valence-electron chi connectivity index (χ2n) is 4.49. The Morgan fingerprint density at radius 1 is 0.810 bits per heavy atom. The van der Waals surface area contributed by atoms with Crippen molar-refractivity contribution in [1.82, 2.24) is 0 Å². The zero-order chi connectivity index (χ0) is 15.4. The standard InChI is InChI=1S/C14H13N3O4/c15-9-14(10-1-5-12(6-2-10)16(18)19)11-3-7-13(8-4-11)17(20)21/h1-8,14H,9,15H2. The van der Waals surface area contributed by atoms with Crippen molar-refractivity contribution in [2.45, 2.75) is 5.92 Å². The molecule has 7 nitrogen and oxygen atoms in total. The molecule has 2 rings (SSSR count). The Bertz CT molecular complexity index is 595. The van der Waals surface area contributed by atoms with Gasteiger partial charge in [-0.05, 0) is 11.1 Å². The molecule has 2 N–H and O–H groups in total. The van der Waals surface area contributed by atoms with Gasteiger partial charge in [-0.1, -0.05) is 24.3 Å². The summed E-state index contributed by atoms with van der Waals surface area (Å²) in [4.78, 5) is 20.3. The van der Waals surface area contributed by atoms with Crippen LogP contribution in [0.4, 0.5) is 11.4 Å². The summed E-state index contributed by atoms with van der Waals surface area (Å²) in [5.41, 5.74) is 7.45. The van der Waals surface area contributed by atoms with Crippen LogP contribution in [0.1, 0.15) is 17.0 Å². The summed E-state index contributed by atoms with van der Waals surface area (Å²) in [7, 11) is 0. The fourth-order valence-corrected chi connectivity index (χ4v) is 2.12. The molecule has 0 saturated heterocycles. The van der Waals surface area contributed by atoms with Gasteiger partial charge in [-0.15, -0.1) is 0 Å². The number of nitrogens with two attached hydrogens (primary N) is 1. The summed E-state index contributed by atoms with van der Waals surface area (Å²) >= 11 is 0. The molecule has 0 saturated carbocycles. The van der Waals surface area contributed by atoms with Crippen LogP contribution in [0.25, 0.3) is 0 Å². The predicted octanol–water partition coefficient (Wildman–Crippen LogP) is 2.59. The average Bonchev–Trinajstić information content (AvgIpc) is 2.49. The van der Waals surface area contributed by atoms with Gasteiger partial charge in [0, 0.05) is 36.7 Å². The molecule has 0 aliphatic heterocycles. The Balaban J connectivity index is 2.30. The maximum atomic E-state index is 10.6. The number of hydrogen-bond donors (Lipinski definition) is 1. The van der Waals surface area contributed by atoms with E-state index in [4.69, 9.17) is 5.73 Å². The molecule has 0 radical (unpaired) electrons. The minimum Gasteiger partial charge on any atom is -0.330 e. The molecule has 0 fully saturated rings. The molecule has 21 heavy (non-hydrogen) atoms. The third-order valence-corrected chi connectivity index (χ3v) is 3.25. The molecule has 0 aliphatic rings. The van der Waals surface area contributed by atoms with Crippen LogP contribution in [0.2, 0.25) is 0 Å². The van der Waals surface area contributed by atoms with Gasteiger partial charge in [-0.3, -0.25) is 20.2 Å². The van der Waals surface area contributed by atoms with Crippen molar-refractivity contribution in [3.8, 4) is 0 Å². The summed E-state index contributed by atoms with van der Waals surface area (Å²) in [5.74, 6) is -0.161. The highest BCUT2D eigenvalue weighted by atomic mass is 16.6. The van der Waals surface area contributed by atoms with E-state index in [0.29, 0.717) is 6.54 Å². The van der Waals surface area contributed by atoms with Gasteiger partial charge in [0.05, 0.1) is 9.85 Å². The molecule has 108 valence electrons. The van der Waals surface area contributed by atoms with Gasteiger partial charge >= 0.3 is 0 Å². The molecule has 0 amide bonds. The van der Waals surface area contributed by atoms with Crippen LogP contribution >= 0.6 is 0 Å². The second kappa shape index (κ2) is 6.10. The third kappa shape index (κ3) is 3.21. The molecule has 0 atom stereocenters. The molecule has 0 bridgehead atoms. The van der Waals surface area contributed by atoms with E-state index in [1.807, 2.05) is 0 Å². The van der Waals surface area contributed by atoms with Crippen LogP contribution in [0.5, 0.6) is 0 Å². The van der Waals surface area contributed by atoms with Gasteiger partial charge in [0.1, 0.15) is 0 Å². The van der Waals surface area contributed by atoms with Gasteiger partial charge in [0.25, 0.3) is 11.4 Å². The second-order valence-corrected chi connectivity index (χ2v) is 4.49. The first kappa shape index (κ1) is 14.6. The smallest absolute Gasteiger partial charge is 0.269 e. The monoisotopic (exact) mass is 287 g/mol. The van der Waals surface area contributed by atoms with Gasteiger partial charge in [0.15, 0.2) is 0 Å². The van der Waals surface area contributed by atoms with E-state index >= 15 is 0 Å². The first-order chi connectivity index (χ1) is 10.0. The number of rotatable bonds is 5. The van der Waals surface area contributed by atoms with Crippen molar-refractivity contribution in [3.05, 3.63) is 79.9 Å². The largest absolute Gasteiger partial charge is 0.330 e. The molecule has 0 aliphatic carbocycles. The van der Waals surface area contributed by atoms with E-state index in [-0.39, 0.29) is 17.3 Å². The fourth-order valence-electron chi connectivity index (χ4n) is 2.12. The number of hydrogen-bond acceptors (Lipinski definition) is 5. The Morgan fingerprint density at radius 3 is 1.38 bits per heavy atom. The van der Waals surface area contributed by atoms with E-state index in [1.54, 1.807) is 24.3 Å². The van der Waals surface area contributed by atoms with Crippen LogP contribution in [-0.2, 0) is 0 Å². The number of benzene rings is 2. The Hall–Kier alpha value is -2.80. The van der Waals surface area contributed by atoms with Crippen molar-refractivity contribution in [2.75, 3.05) is 6.54 Å². The SMILES string of the molecule is NCC(c1ccc([N+](=O)[O-])cc1)c1ccc([N+](=O)[O-])cc1. The summed E-state index contributed by atoms with van der Waals surface area (Å²) < 4.78 is 0. The van der Waals surface area contributed by atoms with E-state index in [1.165, 1.54) is 24.3 Å². The minimum atomic E-state index is -0.465. The topological polar surface area (TPSA) is 112 Å². The quantitative estimate of drug-likeness (QED) is 0.670.